The minimum absolute atomic E-state index is 0.380. The van der Waals surface area contributed by atoms with Gasteiger partial charge in [0.2, 0.25) is 5.95 Å². The Morgan fingerprint density at radius 3 is 2.65 bits per heavy atom. The number of nitrogen functional groups attached to an aromatic ring is 1. The lowest BCUT2D eigenvalue weighted by atomic mass is 10.2. The van der Waals surface area contributed by atoms with Crippen molar-refractivity contribution in [2.24, 2.45) is 0 Å². The molecule has 102 valence electrons. The van der Waals surface area contributed by atoms with Crippen molar-refractivity contribution < 1.29 is 9.47 Å². The predicted octanol–water partition coefficient (Wildman–Crippen LogP) is 2.02. The van der Waals surface area contributed by atoms with Gasteiger partial charge in [-0.3, -0.25) is 4.57 Å². The molecule has 6 heteroatoms. The summed E-state index contributed by atoms with van der Waals surface area (Å²) in [5.74, 6) is 1.67. The van der Waals surface area contributed by atoms with Crippen molar-refractivity contribution in [2.75, 3.05) is 20.0 Å². The maximum atomic E-state index is 5.99. The van der Waals surface area contributed by atoms with Gasteiger partial charge < -0.3 is 15.2 Å². The molecule has 0 aliphatic carbocycles. The van der Waals surface area contributed by atoms with Crippen LogP contribution < -0.4 is 15.2 Å². The molecule has 0 bridgehead atoms. The van der Waals surface area contributed by atoms with Crippen molar-refractivity contribution in [3.8, 4) is 17.2 Å². The SMILES string of the molecule is COc1ccc(-n2c(N)nc3cccnc32)cc1OC. The molecule has 0 atom stereocenters. The van der Waals surface area contributed by atoms with Crippen LogP contribution in [0, 0.1) is 0 Å². The molecule has 1 aromatic carbocycles. The highest BCUT2D eigenvalue weighted by Gasteiger charge is 2.13. The summed E-state index contributed by atoms with van der Waals surface area (Å²) < 4.78 is 12.3. The molecule has 0 aliphatic heterocycles. The third kappa shape index (κ3) is 1.82. The molecule has 3 aromatic rings. The lowest BCUT2D eigenvalue weighted by Gasteiger charge is -2.11. The minimum Gasteiger partial charge on any atom is -0.493 e. The monoisotopic (exact) mass is 270 g/mol. The van der Waals surface area contributed by atoms with Gasteiger partial charge in [0.15, 0.2) is 17.1 Å². The topological polar surface area (TPSA) is 75.2 Å². The summed E-state index contributed by atoms with van der Waals surface area (Å²) in [4.78, 5) is 8.62. The number of benzene rings is 1. The summed E-state index contributed by atoms with van der Waals surface area (Å²) in [7, 11) is 3.19. The number of imidazole rings is 1. The molecule has 2 aromatic heterocycles. The van der Waals surface area contributed by atoms with Crippen molar-refractivity contribution >= 4 is 17.1 Å². The number of nitrogens with two attached hydrogens (primary N) is 1. The van der Waals surface area contributed by atoms with E-state index in [4.69, 9.17) is 15.2 Å². The van der Waals surface area contributed by atoms with Crippen LogP contribution in [0.25, 0.3) is 16.9 Å². The highest BCUT2D eigenvalue weighted by atomic mass is 16.5. The maximum Gasteiger partial charge on any atom is 0.207 e. The number of pyridine rings is 1. The molecule has 0 saturated heterocycles. The number of nitrogens with zero attached hydrogens (tertiary/aromatic N) is 3. The van der Waals surface area contributed by atoms with Gasteiger partial charge in [-0.15, -0.1) is 0 Å². The molecule has 6 nitrogen and oxygen atoms in total. The number of fused-ring (bicyclic) bond motifs is 1. The summed E-state index contributed by atoms with van der Waals surface area (Å²) >= 11 is 0. The van der Waals surface area contributed by atoms with Crippen LogP contribution in [0.3, 0.4) is 0 Å². The fourth-order valence-electron chi connectivity index (χ4n) is 2.15. The summed E-state index contributed by atoms with van der Waals surface area (Å²) in [5, 5.41) is 0. The van der Waals surface area contributed by atoms with Crippen molar-refractivity contribution in [1.29, 1.82) is 0 Å². The van der Waals surface area contributed by atoms with Crippen LogP contribution in [0.1, 0.15) is 0 Å². The van der Waals surface area contributed by atoms with E-state index in [2.05, 4.69) is 9.97 Å². The lowest BCUT2D eigenvalue weighted by Crippen LogP contribution is -2.02. The maximum absolute atomic E-state index is 5.99. The number of hydrogen-bond acceptors (Lipinski definition) is 5. The zero-order valence-corrected chi connectivity index (χ0v) is 11.2. The van der Waals surface area contributed by atoms with Crippen LogP contribution in [-0.2, 0) is 0 Å². The quantitative estimate of drug-likeness (QED) is 0.788. The predicted molar refractivity (Wildman–Crippen MR) is 76.4 cm³/mol. The number of ether oxygens (including phenoxy) is 2. The second-order valence-electron chi connectivity index (χ2n) is 4.19. The fourth-order valence-corrected chi connectivity index (χ4v) is 2.15. The molecule has 0 aliphatic rings. The van der Waals surface area contributed by atoms with Crippen molar-refractivity contribution in [3.05, 3.63) is 36.5 Å². The van der Waals surface area contributed by atoms with E-state index in [1.165, 1.54) is 0 Å². The number of anilines is 1. The summed E-state index contributed by atoms with van der Waals surface area (Å²) in [6.45, 7) is 0. The van der Waals surface area contributed by atoms with E-state index >= 15 is 0 Å². The van der Waals surface area contributed by atoms with Gasteiger partial charge in [0.05, 0.1) is 19.9 Å². The lowest BCUT2D eigenvalue weighted by molar-refractivity contribution is 0.355. The van der Waals surface area contributed by atoms with Gasteiger partial charge in [-0.1, -0.05) is 0 Å². The third-order valence-corrected chi connectivity index (χ3v) is 3.07. The molecule has 0 spiro atoms. The molecule has 0 fully saturated rings. The first-order chi connectivity index (χ1) is 9.74. The first-order valence-electron chi connectivity index (χ1n) is 6.06. The Morgan fingerprint density at radius 2 is 1.90 bits per heavy atom. The van der Waals surface area contributed by atoms with Gasteiger partial charge in [0.25, 0.3) is 0 Å². The highest BCUT2D eigenvalue weighted by molar-refractivity contribution is 5.77. The first kappa shape index (κ1) is 12.3. The normalized spacial score (nSPS) is 10.7. The second-order valence-corrected chi connectivity index (χ2v) is 4.19. The third-order valence-electron chi connectivity index (χ3n) is 3.07. The van der Waals surface area contributed by atoms with Gasteiger partial charge in [-0.25, -0.2) is 9.97 Å². The van der Waals surface area contributed by atoms with E-state index < -0.39 is 0 Å². The Kier molecular flexibility index (Phi) is 2.90. The first-order valence-corrected chi connectivity index (χ1v) is 6.06. The second kappa shape index (κ2) is 4.73. The fraction of sp³-hybridized carbons (Fsp3) is 0.143. The Hall–Kier alpha value is -2.76. The van der Waals surface area contributed by atoms with Crippen molar-refractivity contribution in [2.45, 2.75) is 0 Å². The van der Waals surface area contributed by atoms with E-state index in [9.17, 15) is 0 Å². The number of methoxy groups -OCH3 is 2. The summed E-state index contributed by atoms with van der Waals surface area (Å²) in [6.07, 6.45) is 1.71. The molecule has 0 radical (unpaired) electrons. The van der Waals surface area contributed by atoms with Gasteiger partial charge in [0, 0.05) is 12.3 Å². The Labute approximate surface area is 115 Å². The molecule has 2 heterocycles. The van der Waals surface area contributed by atoms with Crippen LogP contribution in [-0.4, -0.2) is 28.8 Å². The average molecular weight is 270 g/mol. The summed E-state index contributed by atoms with van der Waals surface area (Å²) in [5.41, 5.74) is 8.26. The van der Waals surface area contributed by atoms with Crippen LogP contribution >= 0.6 is 0 Å². The van der Waals surface area contributed by atoms with Crippen molar-refractivity contribution in [1.82, 2.24) is 14.5 Å². The highest BCUT2D eigenvalue weighted by Crippen LogP contribution is 2.31. The van der Waals surface area contributed by atoms with E-state index in [1.54, 1.807) is 25.0 Å². The van der Waals surface area contributed by atoms with Crippen LogP contribution in [0.15, 0.2) is 36.5 Å². The van der Waals surface area contributed by atoms with Gasteiger partial charge in [-0.2, -0.15) is 0 Å². The zero-order chi connectivity index (χ0) is 14.1. The Bertz CT molecular complexity index is 767. The Morgan fingerprint density at radius 1 is 1.10 bits per heavy atom. The molecular formula is C14H14N4O2. The molecule has 3 rings (SSSR count). The van der Waals surface area contributed by atoms with Crippen LogP contribution in [0.4, 0.5) is 5.95 Å². The largest absolute Gasteiger partial charge is 0.493 e. The van der Waals surface area contributed by atoms with Gasteiger partial charge in [0.1, 0.15) is 5.52 Å². The minimum atomic E-state index is 0.380. The summed E-state index contributed by atoms with van der Waals surface area (Å²) in [6, 6.07) is 9.24. The van der Waals surface area contributed by atoms with E-state index in [1.807, 2.05) is 30.3 Å². The average Bonchev–Trinajstić information content (AvgIpc) is 2.82. The Balaban J connectivity index is 2.23. The standard InChI is InChI=1S/C14H14N4O2/c1-19-11-6-5-9(8-12(11)20-2)18-13-10(17-14(18)15)4-3-7-16-13/h3-8H,1-2H3,(H2,15,17). The smallest absolute Gasteiger partial charge is 0.207 e. The molecular weight excluding hydrogens is 256 g/mol. The molecule has 0 unspecified atom stereocenters. The molecule has 0 saturated carbocycles. The number of rotatable bonds is 3. The van der Waals surface area contributed by atoms with Crippen LogP contribution in [0.2, 0.25) is 0 Å². The van der Waals surface area contributed by atoms with Gasteiger partial charge >= 0.3 is 0 Å². The van der Waals surface area contributed by atoms with Crippen LogP contribution in [0.5, 0.6) is 11.5 Å². The number of aromatic nitrogens is 3. The van der Waals surface area contributed by atoms with Crippen molar-refractivity contribution in [3.63, 3.8) is 0 Å². The van der Waals surface area contributed by atoms with Gasteiger partial charge in [-0.05, 0) is 24.3 Å². The van der Waals surface area contributed by atoms with E-state index in [-0.39, 0.29) is 0 Å². The molecule has 20 heavy (non-hydrogen) atoms. The molecule has 0 amide bonds. The zero-order valence-electron chi connectivity index (χ0n) is 11.2. The molecule has 2 N–H and O–H groups in total. The number of hydrogen-bond donors (Lipinski definition) is 1. The van der Waals surface area contributed by atoms with E-state index in [0.29, 0.717) is 23.1 Å². The van der Waals surface area contributed by atoms with E-state index in [0.717, 1.165) is 11.2 Å².